The molecule has 0 unspecified atom stereocenters. The number of carbonyl (C=O) groups is 1. The summed E-state index contributed by atoms with van der Waals surface area (Å²) >= 11 is 1.65. The van der Waals surface area contributed by atoms with Gasteiger partial charge in [0.1, 0.15) is 0 Å². The van der Waals surface area contributed by atoms with E-state index in [1.165, 1.54) is 0 Å². The first kappa shape index (κ1) is 14.5. The zero-order valence-corrected chi connectivity index (χ0v) is 12.5. The van der Waals surface area contributed by atoms with Crippen LogP contribution >= 0.6 is 11.3 Å². The van der Waals surface area contributed by atoms with Crippen molar-refractivity contribution >= 4 is 17.2 Å². The minimum Gasteiger partial charge on any atom is -0.375 e. The van der Waals surface area contributed by atoms with E-state index in [4.69, 9.17) is 4.74 Å². The molecule has 4 nitrogen and oxygen atoms in total. The van der Waals surface area contributed by atoms with Crippen LogP contribution in [0.4, 0.5) is 0 Å². The smallest absolute Gasteiger partial charge is 0.220 e. The van der Waals surface area contributed by atoms with Gasteiger partial charge in [-0.25, -0.2) is 4.98 Å². The van der Waals surface area contributed by atoms with Crippen molar-refractivity contribution in [1.29, 1.82) is 0 Å². The van der Waals surface area contributed by atoms with Gasteiger partial charge in [-0.15, -0.1) is 11.3 Å². The van der Waals surface area contributed by atoms with E-state index in [0.717, 1.165) is 36.4 Å². The first-order chi connectivity index (χ1) is 9.13. The fourth-order valence-corrected chi connectivity index (χ4v) is 3.08. The van der Waals surface area contributed by atoms with Gasteiger partial charge in [-0.1, -0.05) is 0 Å². The normalized spacial score (nSPS) is 22.6. The molecule has 0 bridgehead atoms. The van der Waals surface area contributed by atoms with Crippen molar-refractivity contribution < 1.29 is 9.53 Å². The largest absolute Gasteiger partial charge is 0.375 e. The molecule has 1 N–H and O–H groups in total. The van der Waals surface area contributed by atoms with Crippen LogP contribution in [0.15, 0.2) is 5.38 Å². The van der Waals surface area contributed by atoms with Crippen LogP contribution in [0, 0.1) is 6.92 Å². The Labute approximate surface area is 118 Å². The molecular formula is C14H22N2O2S. The highest BCUT2D eigenvalue weighted by atomic mass is 32.1. The van der Waals surface area contributed by atoms with Gasteiger partial charge in [0, 0.05) is 30.5 Å². The highest BCUT2D eigenvalue weighted by molar-refractivity contribution is 7.09. The summed E-state index contributed by atoms with van der Waals surface area (Å²) in [6.07, 6.45) is 5.08. The molecule has 0 aromatic carbocycles. The van der Waals surface area contributed by atoms with E-state index in [1.807, 2.05) is 12.3 Å². The van der Waals surface area contributed by atoms with E-state index >= 15 is 0 Å². The number of hydrogen-bond donors (Lipinski definition) is 1. The number of carbonyl (C=O) groups excluding carboxylic acids is 1. The minimum atomic E-state index is 0.122. The van der Waals surface area contributed by atoms with Gasteiger partial charge in [0.05, 0.1) is 17.2 Å². The van der Waals surface area contributed by atoms with Gasteiger partial charge in [0.2, 0.25) is 5.91 Å². The van der Waals surface area contributed by atoms with Crippen LogP contribution in [0.1, 0.15) is 43.3 Å². The Hall–Kier alpha value is -0.940. The van der Waals surface area contributed by atoms with E-state index in [-0.39, 0.29) is 12.0 Å². The predicted octanol–water partition coefficient (Wildman–Crippen LogP) is 2.46. The van der Waals surface area contributed by atoms with E-state index in [1.54, 1.807) is 11.3 Å². The van der Waals surface area contributed by atoms with Gasteiger partial charge in [-0.2, -0.15) is 0 Å². The molecule has 2 atom stereocenters. The highest BCUT2D eigenvalue weighted by Crippen LogP contribution is 2.22. The Bertz CT molecular complexity index is 419. The number of aromatic nitrogens is 1. The van der Waals surface area contributed by atoms with Gasteiger partial charge >= 0.3 is 0 Å². The maximum Gasteiger partial charge on any atom is 0.220 e. The SMILES string of the molecule is Cc1csc(CCNC(=O)CC[C@@H]2CC[C@@H](C)O2)n1. The summed E-state index contributed by atoms with van der Waals surface area (Å²) in [5, 5.41) is 6.07. The zero-order valence-electron chi connectivity index (χ0n) is 11.6. The monoisotopic (exact) mass is 282 g/mol. The fourth-order valence-electron chi connectivity index (χ4n) is 2.30. The molecule has 0 saturated carbocycles. The number of nitrogens with one attached hydrogen (secondary N) is 1. The van der Waals surface area contributed by atoms with Gasteiger partial charge in [0.15, 0.2) is 0 Å². The third-order valence-electron chi connectivity index (χ3n) is 3.34. The predicted molar refractivity (Wildman–Crippen MR) is 76.4 cm³/mol. The molecule has 1 saturated heterocycles. The lowest BCUT2D eigenvalue weighted by Gasteiger charge is -2.10. The van der Waals surface area contributed by atoms with Crippen molar-refractivity contribution in [3.63, 3.8) is 0 Å². The van der Waals surface area contributed by atoms with E-state index in [0.29, 0.717) is 19.1 Å². The molecule has 0 aliphatic carbocycles. The number of aryl methyl sites for hydroxylation is 1. The van der Waals surface area contributed by atoms with Crippen LogP contribution in [0.3, 0.4) is 0 Å². The molecule has 1 aromatic heterocycles. The molecule has 0 spiro atoms. The second-order valence-electron chi connectivity index (χ2n) is 5.17. The van der Waals surface area contributed by atoms with Crippen LogP contribution < -0.4 is 5.32 Å². The lowest BCUT2D eigenvalue weighted by atomic mass is 10.1. The third-order valence-corrected chi connectivity index (χ3v) is 4.37. The molecule has 1 amide bonds. The Balaban J connectivity index is 1.57. The topological polar surface area (TPSA) is 51.2 Å². The highest BCUT2D eigenvalue weighted by Gasteiger charge is 2.21. The number of nitrogens with zero attached hydrogens (tertiary/aromatic N) is 1. The van der Waals surface area contributed by atoms with Crippen molar-refractivity contribution in [2.24, 2.45) is 0 Å². The fraction of sp³-hybridized carbons (Fsp3) is 0.714. The molecule has 2 rings (SSSR count). The summed E-state index contributed by atoms with van der Waals surface area (Å²) in [4.78, 5) is 16.1. The lowest BCUT2D eigenvalue weighted by Crippen LogP contribution is -2.26. The number of rotatable bonds is 6. The van der Waals surface area contributed by atoms with Crippen LogP contribution in [0.25, 0.3) is 0 Å². The van der Waals surface area contributed by atoms with Gasteiger partial charge in [0.25, 0.3) is 0 Å². The maximum absolute atomic E-state index is 11.7. The van der Waals surface area contributed by atoms with Gasteiger partial charge < -0.3 is 10.1 Å². The van der Waals surface area contributed by atoms with Crippen LogP contribution in [0.5, 0.6) is 0 Å². The lowest BCUT2D eigenvalue weighted by molar-refractivity contribution is -0.121. The molecule has 1 aliphatic heterocycles. The molecule has 19 heavy (non-hydrogen) atoms. The molecule has 5 heteroatoms. The molecule has 1 aliphatic rings. The van der Waals surface area contributed by atoms with Crippen LogP contribution in [0.2, 0.25) is 0 Å². The van der Waals surface area contributed by atoms with Gasteiger partial charge in [-0.3, -0.25) is 4.79 Å². The summed E-state index contributed by atoms with van der Waals surface area (Å²) in [6, 6.07) is 0. The average Bonchev–Trinajstić information content (AvgIpc) is 2.96. The Morgan fingerprint density at radius 1 is 1.58 bits per heavy atom. The number of ether oxygens (including phenoxy) is 1. The maximum atomic E-state index is 11.7. The number of hydrogen-bond acceptors (Lipinski definition) is 4. The number of thiazole rings is 1. The summed E-state index contributed by atoms with van der Waals surface area (Å²) in [5.41, 5.74) is 1.05. The first-order valence-electron chi connectivity index (χ1n) is 6.96. The number of amides is 1. The quantitative estimate of drug-likeness (QED) is 0.872. The van der Waals surface area contributed by atoms with E-state index in [9.17, 15) is 4.79 Å². The first-order valence-corrected chi connectivity index (χ1v) is 7.84. The van der Waals surface area contributed by atoms with Crippen molar-refractivity contribution in [3.8, 4) is 0 Å². The molecule has 1 aromatic rings. The van der Waals surface area contributed by atoms with Crippen LogP contribution in [-0.4, -0.2) is 29.6 Å². The Kier molecular flexibility index (Phi) is 5.34. The Morgan fingerprint density at radius 2 is 2.42 bits per heavy atom. The molecular weight excluding hydrogens is 260 g/mol. The van der Waals surface area contributed by atoms with Gasteiger partial charge in [-0.05, 0) is 33.1 Å². The molecule has 2 heterocycles. The summed E-state index contributed by atoms with van der Waals surface area (Å²) in [6.45, 7) is 4.75. The van der Waals surface area contributed by atoms with Crippen molar-refractivity contribution in [2.45, 2.75) is 58.2 Å². The van der Waals surface area contributed by atoms with E-state index < -0.39 is 0 Å². The average molecular weight is 282 g/mol. The summed E-state index contributed by atoms with van der Waals surface area (Å²) in [7, 11) is 0. The molecule has 0 radical (unpaired) electrons. The second kappa shape index (κ2) is 7.01. The second-order valence-corrected chi connectivity index (χ2v) is 6.11. The molecule has 106 valence electrons. The standard InChI is InChI=1S/C14H22N2O2S/c1-10-9-19-14(16-10)7-8-15-13(17)6-5-12-4-3-11(2)18-12/h9,11-12H,3-8H2,1-2H3,(H,15,17)/t11-,12+/m1/s1. The van der Waals surface area contributed by atoms with Crippen molar-refractivity contribution in [2.75, 3.05) is 6.54 Å². The van der Waals surface area contributed by atoms with Crippen molar-refractivity contribution in [3.05, 3.63) is 16.1 Å². The zero-order chi connectivity index (χ0) is 13.7. The molecule has 1 fully saturated rings. The minimum absolute atomic E-state index is 0.122. The van der Waals surface area contributed by atoms with Crippen LogP contribution in [-0.2, 0) is 16.0 Å². The Morgan fingerprint density at radius 3 is 3.05 bits per heavy atom. The van der Waals surface area contributed by atoms with E-state index in [2.05, 4.69) is 17.2 Å². The summed E-state index contributed by atoms with van der Waals surface area (Å²) < 4.78 is 5.70. The van der Waals surface area contributed by atoms with Crippen molar-refractivity contribution in [1.82, 2.24) is 10.3 Å². The third kappa shape index (κ3) is 4.91. The summed E-state index contributed by atoms with van der Waals surface area (Å²) in [5.74, 6) is 0.122.